The van der Waals surface area contributed by atoms with E-state index < -0.39 is 0 Å². The smallest absolute Gasteiger partial charge is 0.358 e. The largest absolute Gasteiger partial charge is 0.497 e. The quantitative estimate of drug-likeness (QED) is 0.827. The van der Waals surface area contributed by atoms with Crippen molar-refractivity contribution in [2.75, 3.05) is 12.4 Å². The first-order valence-electron chi connectivity index (χ1n) is 6.06. The highest BCUT2D eigenvalue weighted by atomic mass is 16.5. The van der Waals surface area contributed by atoms with E-state index in [1.54, 1.807) is 24.1 Å². The molecule has 5 heteroatoms. The molecule has 5 nitrogen and oxygen atoms in total. The van der Waals surface area contributed by atoms with Crippen LogP contribution in [0.15, 0.2) is 36.7 Å². The van der Waals surface area contributed by atoms with Gasteiger partial charge in [-0.15, -0.1) is 0 Å². The van der Waals surface area contributed by atoms with Crippen LogP contribution in [0.1, 0.15) is 11.7 Å². The van der Waals surface area contributed by atoms with Crippen LogP contribution in [0, 0.1) is 0 Å². The third-order valence-corrected chi connectivity index (χ3v) is 3.19. The maximum atomic E-state index is 11.9. The van der Waals surface area contributed by atoms with Crippen LogP contribution in [-0.2, 0) is 0 Å². The molecular weight excluding hydrogens is 242 g/mol. The molecule has 96 valence electrons. The van der Waals surface area contributed by atoms with Crippen molar-refractivity contribution in [1.29, 1.82) is 0 Å². The summed E-state index contributed by atoms with van der Waals surface area (Å²) in [6.45, 7) is 1.84. The van der Waals surface area contributed by atoms with Crippen LogP contribution in [0.3, 0.4) is 0 Å². The van der Waals surface area contributed by atoms with Crippen molar-refractivity contribution >= 4 is 11.7 Å². The first kappa shape index (κ1) is 11.6. The number of fused-ring (bicyclic) bond motifs is 1. The molecule has 2 aromatic rings. The highest BCUT2D eigenvalue weighted by molar-refractivity contribution is 5.81. The minimum absolute atomic E-state index is 0.0344. The summed E-state index contributed by atoms with van der Waals surface area (Å²) < 4.78 is 6.73. The van der Waals surface area contributed by atoms with Crippen LogP contribution >= 0.6 is 0 Å². The fourth-order valence-electron chi connectivity index (χ4n) is 2.11. The monoisotopic (exact) mass is 256 g/mol. The van der Waals surface area contributed by atoms with E-state index >= 15 is 0 Å². The van der Waals surface area contributed by atoms with E-state index in [-0.39, 0.29) is 11.9 Å². The summed E-state index contributed by atoms with van der Waals surface area (Å²) >= 11 is 0. The predicted octanol–water partition coefficient (Wildman–Crippen LogP) is 1.50. The van der Waals surface area contributed by atoms with Gasteiger partial charge in [0.25, 0.3) is 0 Å². The Morgan fingerprint density at radius 3 is 2.74 bits per heavy atom. The van der Waals surface area contributed by atoms with E-state index in [0.717, 1.165) is 22.8 Å². The number of hydrogen-bond donors (Lipinski definition) is 1. The van der Waals surface area contributed by atoms with E-state index in [1.807, 2.05) is 31.2 Å². The number of carbonyl (C=O) groups is 1. The van der Waals surface area contributed by atoms with E-state index in [0.29, 0.717) is 0 Å². The van der Waals surface area contributed by atoms with Crippen molar-refractivity contribution in [3.8, 4) is 17.0 Å². The molecule has 0 bridgehead atoms. The number of anilines is 1. The Labute approximate surface area is 110 Å². The second kappa shape index (κ2) is 4.35. The van der Waals surface area contributed by atoms with Crippen LogP contribution in [0.2, 0.25) is 0 Å². The van der Waals surface area contributed by atoms with Crippen LogP contribution in [-0.4, -0.2) is 24.0 Å². The molecule has 0 aliphatic carbocycles. The zero-order valence-corrected chi connectivity index (χ0v) is 10.8. The summed E-state index contributed by atoms with van der Waals surface area (Å²) in [4.78, 5) is 16.3. The third-order valence-electron chi connectivity index (χ3n) is 3.19. The first-order valence-corrected chi connectivity index (χ1v) is 6.06. The van der Waals surface area contributed by atoms with Gasteiger partial charge in [-0.1, -0.05) is 0 Å². The zero-order chi connectivity index (χ0) is 13.4. The molecule has 0 radical (unpaired) electrons. The van der Waals surface area contributed by atoms with Gasteiger partial charge in [0.05, 0.1) is 7.11 Å². The molecule has 0 amide bonds. The lowest BCUT2D eigenvalue weighted by atomic mass is 10.1. The average Bonchev–Trinajstić information content (AvgIpc) is 2.74. The number of carbonyl (C=O) groups excluding carboxylic acids is 1. The highest BCUT2D eigenvalue weighted by Gasteiger charge is 2.34. The summed E-state index contributed by atoms with van der Waals surface area (Å²) in [6.07, 6.45) is 3.44. The Morgan fingerprint density at radius 1 is 1.32 bits per heavy atom. The minimum Gasteiger partial charge on any atom is -0.497 e. The fraction of sp³-hybridized carbons (Fsp3) is 0.214. The minimum atomic E-state index is -0.201. The maximum absolute atomic E-state index is 11.9. The van der Waals surface area contributed by atoms with Crippen molar-refractivity contribution in [1.82, 2.24) is 4.98 Å². The number of ether oxygens (including phenoxy) is 1. The Hall–Kier alpha value is -2.43. The highest BCUT2D eigenvalue weighted by Crippen LogP contribution is 2.21. The topological polar surface area (TPSA) is 55.1 Å². The van der Waals surface area contributed by atoms with Gasteiger partial charge in [0.15, 0.2) is 6.04 Å². The van der Waals surface area contributed by atoms with Gasteiger partial charge in [-0.25, -0.2) is 9.78 Å². The van der Waals surface area contributed by atoms with Gasteiger partial charge >= 0.3 is 11.7 Å². The van der Waals surface area contributed by atoms with Gasteiger partial charge in [0.1, 0.15) is 23.8 Å². The number of nitrogens with zero attached hydrogens (tertiary/aromatic N) is 2. The number of hydrogen-bond acceptors (Lipinski definition) is 4. The summed E-state index contributed by atoms with van der Waals surface area (Å²) in [5, 5.41) is 3.07. The van der Waals surface area contributed by atoms with Gasteiger partial charge in [0.2, 0.25) is 0 Å². The predicted molar refractivity (Wildman–Crippen MR) is 70.1 cm³/mol. The summed E-state index contributed by atoms with van der Waals surface area (Å²) in [7, 11) is 1.63. The van der Waals surface area contributed by atoms with Crippen molar-refractivity contribution in [3.05, 3.63) is 36.7 Å². The van der Waals surface area contributed by atoms with Gasteiger partial charge in [-0.2, -0.15) is 4.57 Å². The van der Waals surface area contributed by atoms with E-state index in [4.69, 9.17) is 4.74 Å². The van der Waals surface area contributed by atoms with Crippen molar-refractivity contribution < 1.29 is 14.1 Å². The summed E-state index contributed by atoms with van der Waals surface area (Å²) in [5.41, 5.74) is 1.71. The van der Waals surface area contributed by atoms with Gasteiger partial charge < -0.3 is 4.74 Å². The van der Waals surface area contributed by atoms with Crippen LogP contribution < -0.4 is 14.6 Å². The molecule has 1 aromatic heterocycles. The van der Waals surface area contributed by atoms with Crippen molar-refractivity contribution in [2.45, 2.75) is 13.0 Å². The SMILES string of the molecule is COc1ccc(-c2c[n+]3c(cn2)NC(C)C3=O)cc1. The maximum Gasteiger partial charge on any atom is 0.358 e. The van der Waals surface area contributed by atoms with Crippen LogP contribution in [0.5, 0.6) is 5.75 Å². The van der Waals surface area contributed by atoms with Gasteiger partial charge in [-0.3, -0.25) is 5.32 Å². The average molecular weight is 256 g/mol. The number of nitrogens with one attached hydrogen (secondary N) is 1. The lowest BCUT2D eigenvalue weighted by Crippen LogP contribution is -2.42. The third kappa shape index (κ3) is 1.93. The molecule has 0 spiro atoms. The second-order valence-corrected chi connectivity index (χ2v) is 4.46. The number of aromatic nitrogens is 2. The molecule has 1 unspecified atom stereocenters. The molecule has 1 aliphatic heterocycles. The molecule has 19 heavy (non-hydrogen) atoms. The molecule has 1 atom stereocenters. The Kier molecular flexibility index (Phi) is 2.67. The van der Waals surface area contributed by atoms with Crippen molar-refractivity contribution in [3.63, 3.8) is 0 Å². The molecule has 2 heterocycles. The molecule has 0 saturated heterocycles. The Bertz CT molecular complexity index is 638. The molecule has 0 saturated carbocycles. The van der Waals surface area contributed by atoms with E-state index in [1.165, 1.54) is 0 Å². The van der Waals surface area contributed by atoms with Crippen LogP contribution in [0.4, 0.5) is 5.82 Å². The number of methoxy groups -OCH3 is 1. The molecule has 3 rings (SSSR count). The second-order valence-electron chi connectivity index (χ2n) is 4.46. The van der Waals surface area contributed by atoms with Crippen LogP contribution in [0.25, 0.3) is 11.3 Å². The van der Waals surface area contributed by atoms with E-state index in [9.17, 15) is 4.79 Å². The standard InChI is InChI=1S/C14H13N3O2/c1-9-14(18)17-8-12(15-7-13(17)16-9)10-3-5-11(19-2)6-4-10/h3-9H,1-2H3/p+1. The van der Waals surface area contributed by atoms with E-state index in [2.05, 4.69) is 10.3 Å². The normalized spacial score (nSPS) is 16.9. The summed E-state index contributed by atoms with van der Waals surface area (Å²) in [5.74, 6) is 1.56. The van der Waals surface area contributed by atoms with Gasteiger partial charge in [-0.05, 0) is 31.2 Å². The molecule has 1 aromatic carbocycles. The summed E-state index contributed by atoms with van der Waals surface area (Å²) in [6, 6.07) is 7.39. The molecule has 0 fully saturated rings. The van der Waals surface area contributed by atoms with Gasteiger partial charge in [0, 0.05) is 5.56 Å². The molecular formula is C14H14N3O2+. The molecule has 1 aliphatic rings. The Morgan fingerprint density at radius 2 is 2.05 bits per heavy atom. The lowest BCUT2D eigenvalue weighted by molar-refractivity contribution is -0.552. The number of benzene rings is 1. The zero-order valence-electron chi connectivity index (χ0n) is 10.8. The number of rotatable bonds is 2. The lowest BCUT2D eigenvalue weighted by Gasteiger charge is -2.02. The molecule has 1 N–H and O–H groups in total. The first-order chi connectivity index (χ1) is 9.19. The van der Waals surface area contributed by atoms with Crippen molar-refractivity contribution in [2.24, 2.45) is 0 Å². The fourth-order valence-corrected chi connectivity index (χ4v) is 2.11. The Balaban J connectivity index is 2.00.